The van der Waals surface area contributed by atoms with Crippen LogP contribution >= 0.6 is 11.3 Å². The molecule has 32 heavy (non-hydrogen) atoms. The van der Waals surface area contributed by atoms with Gasteiger partial charge in [-0.05, 0) is 36.4 Å². The number of nitrogens with zero attached hydrogens (tertiary/aromatic N) is 3. The Bertz CT molecular complexity index is 893. The van der Waals surface area contributed by atoms with Crippen LogP contribution in [0.5, 0.6) is 11.5 Å². The molecule has 1 aromatic heterocycles. The smallest absolute Gasteiger partial charge is 0.241 e. The molecule has 3 aliphatic rings. The third kappa shape index (κ3) is 5.26. The zero-order valence-corrected chi connectivity index (χ0v) is 19.2. The Kier molecular flexibility index (Phi) is 6.92. The highest BCUT2D eigenvalue weighted by molar-refractivity contribution is 7.09. The van der Waals surface area contributed by atoms with Crippen molar-refractivity contribution in [3.63, 3.8) is 0 Å². The number of fused-ring (bicyclic) bond motifs is 1. The van der Waals surface area contributed by atoms with Crippen LogP contribution in [-0.2, 0) is 16.1 Å². The molecule has 7 nitrogen and oxygen atoms in total. The molecule has 0 spiro atoms. The van der Waals surface area contributed by atoms with Crippen LogP contribution in [-0.4, -0.2) is 80.9 Å². The van der Waals surface area contributed by atoms with Crippen molar-refractivity contribution in [3.8, 4) is 11.5 Å². The molecule has 0 aliphatic carbocycles. The minimum Gasteiger partial charge on any atom is -0.486 e. The number of benzene rings is 1. The van der Waals surface area contributed by atoms with E-state index in [1.807, 2.05) is 29.2 Å². The molecule has 0 bridgehead atoms. The number of amides is 1. The van der Waals surface area contributed by atoms with Crippen LogP contribution in [0.2, 0.25) is 0 Å². The standard InChI is InChI=1S/C24H31N3O4S/c28-24(18-26-9-7-25(8-10-26)16-20-3-1-11-29-20)27(17-21-4-2-14-32-21)19-5-6-22-23(15-19)31-13-12-30-22/h2,4-6,14-15,20H,1,3,7-13,16-18H2/t20-/m1/s1. The lowest BCUT2D eigenvalue weighted by molar-refractivity contribution is -0.120. The Labute approximate surface area is 193 Å². The summed E-state index contributed by atoms with van der Waals surface area (Å²) in [4.78, 5) is 21.2. The van der Waals surface area contributed by atoms with Crippen LogP contribution in [0.15, 0.2) is 35.7 Å². The predicted molar refractivity (Wildman–Crippen MR) is 125 cm³/mol. The van der Waals surface area contributed by atoms with Gasteiger partial charge in [-0.2, -0.15) is 0 Å². The first kappa shape index (κ1) is 21.7. The summed E-state index contributed by atoms with van der Waals surface area (Å²) in [7, 11) is 0. The number of hydrogen-bond donors (Lipinski definition) is 0. The Morgan fingerprint density at radius 1 is 1.03 bits per heavy atom. The Morgan fingerprint density at radius 2 is 1.84 bits per heavy atom. The van der Waals surface area contributed by atoms with Gasteiger partial charge in [-0.15, -0.1) is 11.3 Å². The van der Waals surface area contributed by atoms with E-state index in [4.69, 9.17) is 14.2 Å². The van der Waals surface area contributed by atoms with Gasteiger partial charge < -0.3 is 19.1 Å². The summed E-state index contributed by atoms with van der Waals surface area (Å²) in [5.41, 5.74) is 0.852. The molecule has 3 aliphatic heterocycles. The zero-order valence-electron chi connectivity index (χ0n) is 18.4. The molecular formula is C24H31N3O4S. The van der Waals surface area contributed by atoms with Gasteiger partial charge in [-0.1, -0.05) is 6.07 Å². The molecule has 0 saturated carbocycles. The Balaban J connectivity index is 1.23. The van der Waals surface area contributed by atoms with Crippen molar-refractivity contribution in [3.05, 3.63) is 40.6 Å². The lowest BCUT2D eigenvalue weighted by Crippen LogP contribution is -2.51. The van der Waals surface area contributed by atoms with Crippen LogP contribution in [0.3, 0.4) is 0 Å². The van der Waals surface area contributed by atoms with Crippen molar-refractivity contribution in [2.45, 2.75) is 25.5 Å². The summed E-state index contributed by atoms with van der Waals surface area (Å²) in [6, 6.07) is 9.90. The van der Waals surface area contributed by atoms with Crippen molar-refractivity contribution in [2.24, 2.45) is 0 Å². The third-order valence-corrected chi connectivity index (χ3v) is 7.20. The van der Waals surface area contributed by atoms with Crippen LogP contribution in [0.25, 0.3) is 0 Å². The van der Waals surface area contributed by atoms with E-state index >= 15 is 0 Å². The summed E-state index contributed by atoms with van der Waals surface area (Å²) < 4.78 is 17.2. The molecule has 1 amide bonds. The van der Waals surface area contributed by atoms with Gasteiger partial charge >= 0.3 is 0 Å². The van der Waals surface area contributed by atoms with Gasteiger partial charge in [0.05, 0.1) is 19.2 Å². The molecule has 1 atom stereocenters. The molecule has 0 N–H and O–H groups in total. The lowest BCUT2D eigenvalue weighted by Gasteiger charge is -2.36. The Hall–Kier alpha value is -2.13. The number of rotatable bonds is 7. The molecule has 5 rings (SSSR count). The summed E-state index contributed by atoms with van der Waals surface area (Å²) in [5.74, 6) is 1.56. The van der Waals surface area contributed by atoms with Gasteiger partial charge in [0.1, 0.15) is 13.2 Å². The van der Waals surface area contributed by atoms with Gasteiger partial charge in [0, 0.05) is 56.0 Å². The summed E-state index contributed by atoms with van der Waals surface area (Å²) >= 11 is 1.67. The maximum Gasteiger partial charge on any atom is 0.241 e. The van der Waals surface area contributed by atoms with E-state index < -0.39 is 0 Å². The van der Waals surface area contributed by atoms with Gasteiger partial charge in [-0.3, -0.25) is 14.6 Å². The van der Waals surface area contributed by atoms with E-state index in [0.29, 0.717) is 38.2 Å². The maximum absolute atomic E-state index is 13.4. The fourth-order valence-corrected chi connectivity index (χ4v) is 5.26. The van der Waals surface area contributed by atoms with E-state index in [-0.39, 0.29) is 5.91 Å². The van der Waals surface area contributed by atoms with Crippen molar-refractivity contribution >= 4 is 22.9 Å². The molecule has 8 heteroatoms. The SMILES string of the molecule is O=C(CN1CCN(C[C@H]2CCCO2)CC1)N(Cc1cccs1)c1ccc2c(c1)OCCO2. The number of piperazine rings is 1. The molecule has 0 radical (unpaired) electrons. The van der Waals surface area contributed by atoms with Gasteiger partial charge in [0.2, 0.25) is 5.91 Å². The van der Waals surface area contributed by atoms with E-state index in [1.54, 1.807) is 11.3 Å². The third-order valence-electron chi connectivity index (χ3n) is 6.34. The van der Waals surface area contributed by atoms with E-state index in [1.165, 1.54) is 12.8 Å². The molecule has 172 valence electrons. The van der Waals surface area contributed by atoms with E-state index in [9.17, 15) is 4.79 Å². The largest absolute Gasteiger partial charge is 0.486 e. The highest BCUT2D eigenvalue weighted by Crippen LogP contribution is 2.34. The number of thiophene rings is 1. The number of hydrogen-bond acceptors (Lipinski definition) is 7. The normalized spacial score (nSPS) is 21.6. The lowest BCUT2D eigenvalue weighted by atomic mass is 10.2. The summed E-state index contributed by atoms with van der Waals surface area (Å²) in [6.45, 7) is 7.79. The van der Waals surface area contributed by atoms with Crippen molar-refractivity contribution < 1.29 is 19.0 Å². The number of anilines is 1. The molecule has 2 saturated heterocycles. The minimum absolute atomic E-state index is 0.114. The second kappa shape index (κ2) is 10.2. The second-order valence-corrected chi connectivity index (χ2v) is 9.63. The van der Waals surface area contributed by atoms with Crippen LogP contribution in [0.4, 0.5) is 5.69 Å². The predicted octanol–water partition coefficient (Wildman–Crippen LogP) is 2.85. The van der Waals surface area contributed by atoms with Crippen LogP contribution < -0.4 is 14.4 Å². The topological polar surface area (TPSA) is 54.5 Å². The van der Waals surface area contributed by atoms with E-state index in [0.717, 1.165) is 55.6 Å². The fourth-order valence-electron chi connectivity index (χ4n) is 4.56. The van der Waals surface area contributed by atoms with Gasteiger partial charge in [0.25, 0.3) is 0 Å². The molecule has 0 unspecified atom stereocenters. The average Bonchev–Trinajstić information content (AvgIpc) is 3.53. The van der Waals surface area contributed by atoms with Gasteiger partial charge in [-0.25, -0.2) is 0 Å². The number of carbonyl (C=O) groups excluding carboxylic acids is 1. The quantitative estimate of drug-likeness (QED) is 0.637. The first-order valence-electron chi connectivity index (χ1n) is 11.5. The van der Waals surface area contributed by atoms with Gasteiger partial charge in [0.15, 0.2) is 11.5 Å². The first-order chi connectivity index (χ1) is 15.7. The zero-order chi connectivity index (χ0) is 21.8. The molecular weight excluding hydrogens is 426 g/mol. The number of carbonyl (C=O) groups is 1. The molecule has 4 heterocycles. The highest BCUT2D eigenvalue weighted by atomic mass is 32.1. The fraction of sp³-hybridized carbons (Fsp3) is 0.542. The molecule has 1 aromatic carbocycles. The van der Waals surface area contributed by atoms with Crippen molar-refractivity contribution in [1.82, 2.24) is 9.80 Å². The first-order valence-corrected chi connectivity index (χ1v) is 12.4. The van der Waals surface area contributed by atoms with Crippen LogP contribution in [0, 0.1) is 0 Å². The van der Waals surface area contributed by atoms with Crippen molar-refractivity contribution in [1.29, 1.82) is 0 Å². The summed E-state index contributed by atoms with van der Waals surface area (Å²) in [6.07, 6.45) is 2.74. The van der Waals surface area contributed by atoms with Crippen LogP contribution in [0.1, 0.15) is 17.7 Å². The van der Waals surface area contributed by atoms with E-state index in [2.05, 4.69) is 21.2 Å². The highest BCUT2D eigenvalue weighted by Gasteiger charge is 2.26. The molecule has 2 fully saturated rings. The summed E-state index contributed by atoms with van der Waals surface area (Å²) in [5, 5.41) is 2.05. The Morgan fingerprint density at radius 3 is 2.59 bits per heavy atom. The minimum atomic E-state index is 0.114. The maximum atomic E-state index is 13.4. The van der Waals surface area contributed by atoms with Crippen molar-refractivity contribution in [2.75, 3.05) is 64.0 Å². The average molecular weight is 458 g/mol. The number of ether oxygens (including phenoxy) is 3. The second-order valence-electron chi connectivity index (χ2n) is 8.60. The monoisotopic (exact) mass is 457 g/mol. The molecule has 2 aromatic rings.